The number of hydrogen-bond acceptors (Lipinski definition) is 3. The zero-order valence-corrected chi connectivity index (χ0v) is 17.3. The quantitative estimate of drug-likeness (QED) is 0.165. The van der Waals surface area contributed by atoms with Gasteiger partial charge in [0.2, 0.25) is 0 Å². The molecule has 4 nitrogen and oxygen atoms in total. The second-order valence-corrected chi connectivity index (χ2v) is 7.42. The lowest BCUT2D eigenvalue weighted by Crippen LogP contribution is -2.02. The zero-order valence-electron chi connectivity index (χ0n) is 17.3. The van der Waals surface area contributed by atoms with Crippen LogP contribution in [0.5, 0.6) is 0 Å². The van der Waals surface area contributed by atoms with Crippen molar-refractivity contribution in [3.8, 4) is 0 Å². The molecule has 1 aromatic rings. The molecule has 1 unspecified atom stereocenters. The first kappa shape index (κ1) is 22.1. The third-order valence-corrected chi connectivity index (χ3v) is 5.24. The maximum absolute atomic E-state index is 10.9. The Morgan fingerprint density at radius 1 is 1.18 bits per heavy atom. The van der Waals surface area contributed by atoms with E-state index in [0.717, 1.165) is 36.8 Å². The second-order valence-electron chi connectivity index (χ2n) is 7.42. The van der Waals surface area contributed by atoms with E-state index >= 15 is 0 Å². The molecule has 0 bridgehead atoms. The molecule has 152 valence electrons. The van der Waals surface area contributed by atoms with Gasteiger partial charge in [0.25, 0.3) is 5.69 Å². The molecular formula is C24H33NO3. The van der Waals surface area contributed by atoms with Crippen molar-refractivity contribution in [3.63, 3.8) is 0 Å². The molecule has 0 N–H and O–H groups in total. The van der Waals surface area contributed by atoms with Crippen LogP contribution in [0.1, 0.15) is 76.9 Å². The molecule has 0 fully saturated rings. The van der Waals surface area contributed by atoms with Gasteiger partial charge >= 0.3 is 0 Å². The number of nitro benzene ring substituents is 1. The van der Waals surface area contributed by atoms with Gasteiger partial charge in [0.1, 0.15) is 6.10 Å². The van der Waals surface area contributed by atoms with Crippen molar-refractivity contribution in [2.45, 2.75) is 71.3 Å². The van der Waals surface area contributed by atoms with Gasteiger partial charge in [-0.15, -0.1) is 0 Å². The minimum atomic E-state index is -0.369. The van der Waals surface area contributed by atoms with Crippen LogP contribution in [-0.2, 0) is 4.74 Å². The maximum atomic E-state index is 10.9. The number of ether oxygens (including phenoxy) is 1. The number of allylic oxidation sites excluding steroid dienone is 2. The first-order chi connectivity index (χ1) is 13.6. The van der Waals surface area contributed by atoms with Gasteiger partial charge < -0.3 is 4.74 Å². The minimum Gasteiger partial charge on any atom is -0.364 e. The number of benzene rings is 1. The van der Waals surface area contributed by atoms with Crippen molar-refractivity contribution in [1.29, 1.82) is 0 Å². The van der Waals surface area contributed by atoms with Crippen molar-refractivity contribution in [1.82, 2.24) is 0 Å². The number of rotatable bonds is 12. The first-order valence-electron chi connectivity index (χ1n) is 10.5. The van der Waals surface area contributed by atoms with E-state index in [-0.39, 0.29) is 16.7 Å². The summed E-state index contributed by atoms with van der Waals surface area (Å²) in [5.74, 6) is 0. The Bertz CT molecular complexity index is 716. The van der Waals surface area contributed by atoms with Crippen molar-refractivity contribution in [2.75, 3.05) is 6.61 Å². The summed E-state index contributed by atoms with van der Waals surface area (Å²) in [6.07, 6.45) is 13.6. The number of nitro groups is 1. The van der Waals surface area contributed by atoms with E-state index in [4.69, 9.17) is 4.74 Å². The van der Waals surface area contributed by atoms with Gasteiger partial charge in [0.05, 0.1) is 11.5 Å². The molecule has 1 aliphatic heterocycles. The summed E-state index contributed by atoms with van der Waals surface area (Å²) in [6, 6.07) is 6.73. The Labute approximate surface area is 169 Å². The Hall–Kier alpha value is -2.20. The van der Waals surface area contributed by atoms with Gasteiger partial charge in [-0.05, 0) is 60.1 Å². The van der Waals surface area contributed by atoms with Gasteiger partial charge in [-0.3, -0.25) is 10.1 Å². The Morgan fingerprint density at radius 3 is 2.54 bits per heavy atom. The fraction of sp³-hybridized carbons (Fsp3) is 0.500. The standard InChI is InChI=1S/C24H33NO3/c1-4-6-8-9-10-11-12-19(3)23-18-28-24(22(23)13-7-5-2)20-14-16-21(17-15-20)25(26)27/h11-12,14-17,24H,3-10,13,18H2,1-2H3/b12-11+. The molecule has 2 rings (SSSR count). The van der Waals surface area contributed by atoms with Gasteiger partial charge in [-0.1, -0.05) is 58.3 Å². The molecule has 28 heavy (non-hydrogen) atoms. The number of hydrogen-bond donors (Lipinski definition) is 0. The second kappa shape index (κ2) is 11.6. The molecule has 1 aromatic carbocycles. The smallest absolute Gasteiger partial charge is 0.269 e. The summed E-state index contributed by atoms with van der Waals surface area (Å²) >= 11 is 0. The number of unbranched alkanes of at least 4 members (excludes halogenated alkanes) is 5. The molecule has 0 aliphatic carbocycles. The summed E-state index contributed by atoms with van der Waals surface area (Å²) in [5, 5.41) is 10.9. The largest absolute Gasteiger partial charge is 0.364 e. The van der Waals surface area contributed by atoms with Gasteiger partial charge in [-0.2, -0.15) is 0 Å². The summed E-state index contributed by atoms with van der Waals surface area (Å²) in [7, 11) is 0. The predicted octanol–water partition coefficient (Wildman–Crippen LogP) is 7.24. The monoisotopic (exact) mass is 383 g/mol. The molecule has 1 atom stereocenters. The molecule has 0 aromatic heterocycles. The number of nitrogens with zero attached hydrogens (tertiary/aromatic N) is 1. The molecule has 0 spiro atoms. The molecular weight excluding hydrogens is 350 g/mol. The van der Waals surface area contributed by atoms with E-state index in [1.54, 1.807) is 12.1 Å². The van der Waals surface area contributed by atoms with Crippen LogP contribution in [0.2, 0.25) is 0 Å². The molecule has 4 heteroatoms. The van der Waals surface area contributed by atoms with Crippen LogP contribution in [0.25, 0.3) is 0 Å². The van der Waals surface area contributed by atoms with E-state index < -0.39 is 0 Å². The van der Waals surface area contributed by atoms with E-state index in [0.29, 0.717) is 6.61 Å². The fourth-order valence-corrected chi connectivity index (χ4v) is 3.55. The van der Waals surface area contributed by atoms with Gasteiger partial charge in [-0.25, -0.2) is 0 Å². The van der Waals surface area contributed by atoms with Gasteiger partial charge in [0, 0.05) is 12.1 Å². The molecule has 0 saturated heterocycles. The van der Waals surface area contributed by atoms with E-state index in [9.17, 15) is 10.1 Å². The SMILES string of the molecule is C=C(/C=C/CCCCCC)C1=C(CCCC)C(c2ccc([N+](=O)[O-])cc2)OC1. The molecule has 0 radical (unpaired) electrons. The van der Waals surface area contributed by atoms with Crippen molar-refractivity contribution in [2.24, 2.45) is 0 Å². The zero-order chi connectivity index (χ0) is 20.4. The van der Waals surface area contributed by atoms with E-state index in [2.05, 4.69) is 32.6 Å². The van der Waals surface area contributed by atoms with E-state index in [1.807, 2.05) is 12.1 Å². The molecule has 1 heterocycles. The van der Waals surface area contributed by atoms with Crippen LogP contribution in [0, 0.1) is 10.1 Å². The maximum Gasteiger partial charge on any atom is 0.269 e. The predicted molar refractivity (Wildman–Crippen MR) is 115 cm³/mol. The third kappa shape index (κ3) is 6.16. The molecule has 0 amide bonds. The topological polar surface area (TPSA) is 52.4 Å². The van der Waals surface area contributed by atoms with E-state index in [1.165, 1.54) is 36.8 Å². The summed E-state index contributed by atoms with van der Waals surface area (Å²) in [5.41, 5.74) is 4.59. The highest BCUT2D eigenvalue weighted by Crippen LogP contribution is 2.40. The highest BCUT2D eigenvalue weighted by Gasteiger charge is 2.28. The van der Waals surface area contributed by atoms with Gasteiger partial charge in [0.15, 0.2) is 0 Å². The van der Waals surface area contributed by atoms with Crippen LogP contribution in [0.4, 0.5) is 5.69 Å². The third-order valence-electron chi connectivity index (χ3n) is 5.24. The Morgan fingerprint density at radius 2 is 1.89 bits per heavy atom. The van der Waals surface area contributed by atoms with Crippen LogP contribution in [0.15, 0.2) is 59.7 Å². The highest BCUT2D eigenvalue weighted by atomic mass is 16.6. The Kier molecular flexibility index (Phi) is 9.15. The minimum absolute atomic E-state index is 0.108. The van der Waals surface area contributed by atoms with Crippen LogP contribution in [-0.4, -0.2) is 11.5 Å². The van der Waals surface area contributed by atoms with Crippen molar-refractivity contribution in [3.05, 3.63) is 75.4 Å². The lowest BCUT2D eigenvalue weighted by atomic mass is 9.92. The molecule has 0 saturated carbocycles. The lowest BCUT2D eigenvalue weighted by molar-refractivity contribution is -0.384. The van der Waals surface area contributed by atoms with Crippen molar-refractivity contribution < 1.29 is 9.66 Å². The molecule has 1 aliphatic rings. The van der Waals surface area contributed by atoms with Crippen molar-refractivity contribution >= 4 is 5.69 Å². The normalized spacial score (nSPS) is 16.9. The average Bonchev–Trinajstić information content (AvgIpc) is 3.12. The summed E-state index contributed by atoms with van der Waals surface area (Å²) in [6.45, 7) is 9.24. The van der Waals surface area contributed by atoms with Crippen LogP contribution in [0.3, 0.4) is 0 Å². The lowest BCUT2D eigenvalue weighted by Gasteiger charge is -2.15. The number of non-ortho nitro benzene ring substituents is 1. The average molecular weight is 384 g/mol. The Balaban J connectivity index is 2.12. The van der Waals surface area contributed by atoms with Crippen LogP contribution >= 0.6 is 0 Å². The summed E-state index contributed by atoms with van der Waals surface area (Å²) in [4.78, 5) is 10.5. The highest BCUT2D eigenvalue weighted by molar-refractivity contribution is 5.47. The fourth-order valence-electron chi connectivity index (χ4n) is 3.55. The van der Waals surface area contributed by atoms with Crippen LogP contribution < -0.4 is 0 Å². The first-order valence-corrected chi connectivity index (χ1v) is 10.5. The summed E-state index contributed by atoms with van der Waals surface area (Å²) < 4.78 is 6.10.